The van der Waals surface area contributed by atoms with Crippen molar-refractivity contribution in [2.75, 3.05) is 13.7 Å². The largest absolute Gasteiger partial charge is 0.497 e. The van der Waals surface area contributed by atoms with Crippen LogP contribution in [0.2, 0.25) is 0 Å². The Morgan fingerprint density at radius 1 is 1.32 bits per heavy atom. The van der Waals surface area contributed by atoms with Crippen LogP contribution in [0.3, 0.4) is 0 Å². The van der Waals surface area contributed by atoms with Crippen molar-refractivity contribution in [1.29, 1.82) is 0 Å². The highest BCUT2D eigenvalue weighted by Gasteiger charge is 2.31. The first kappa shape index (κ1) is 13.8. The lowest BCUT2D eigenvalue weighted by atomic mass is 9.98. The van der Waals surface area contributed by atoms with Crippen molar-refractivity contribution in [1.82, 2.24) is 15.0 Å². The van der Waals surface area contributed by atoms with Crippen LogP contribution in [0.5, 0.6) is 5.75 Å². The van der Waals surface area contributed by atoms with E-state index in [2.05, 4.69) is 34.1 Å². The fourth-order valence-electron chi connectivity index (χ4n) is 3.09. The summed E-state index contributed by atoms with van der Waals surface area (Å²) in [5.74, 6) is 3.09. The minimum absolute atomic E-state index is 0.152. The molecule has 4 rings (SSSR count). The molecule has 0 saturated heterocycles. The van der Waals surface area contributed by atoms with Crippen molar-refractivity contribution < 1.29 is 9.26 Å². The zero-order valence-electron chi connectivity index (χ0n) is 13.1. The first-order valence-corrected chi connectivity index (χ1v) is 7.98. The molecule has 2 heterocycles. The van der Waals surface area contributed by atoms with Crippen LogP contribution in [0.25, 0.3) is 0 Å². The van der Waals surface area contributed by atoms with Gasteiger partial charge in [0.25, 0.3) is 0 Å². The zero-order chi connectivity index (χ0) is 15.1. The summed E-state index contributed by atoms with van der Waals surface area (Å²) < 4.78 is 10.8. The number of hydrogen-bond acceptors (Lipinski definition) is 5. The maximum Gasteiger partial charge on any atom is 0.243 e. The van der Waals surface area contributed by atoms with E-state index in [1.165, 1.54) is 24.0 Å². The number of ether oxygens (including phenoxy) is 1. The predicted octanol–water partition coefficient (Wildman–Crippen LogP) is 3.07. The summed E-state index contributed by atoms with van der Waals surface area (Å²) in [7, 11) is 1.71. The minimum atomic E-state index is 0.152. The van der Waals surface area contributed by atoms with E-state index in [4.69, 9.17) is 9.26 Å². The number of aromatic nitrogens is 2. The van der Waals surface area contributed by atoms with Crippen molar-refractivity contribution >= 4 is 0 Å². The molecule has 1 aromatic heterocycles. The molecule has 1 fully saturated rings. The standard InChI is InChI=1S/C17H21N3O2/c1-11(17-18-16(19-22-17)13-3-4-13)20-8-7-12-5-6-15(21-2)9-14(12)10-20/h5-6,9,11,13H,3-4,7-8,10H2,1-2H3. The molecule has 116 valence electrons. The molecule has 5 heteroatoms. The molecule has 2 aliphatic rings. The van der Waals surface area contributed by atoms with Crippen LogP contribution >= 0.6 is 0 Å². The highest BCUT2D eigenvalue weighted by Crippen LogP contribution is 2.39. The Balaban J connectivity index is 1.52. The lowest BCUT2D eigenvalue weighted by molar-refractivity contribution is 0.157. The smallest absolute Gasteiger partial charge is 0.243 e. The van der Waals surface area contributed by atoms with E-state index < -0.39 is 0 Å². The topological polar surface area (TPSA) is 51.4 Å². The first-order chi connectivity index (χ1) is 10.7. The van der Waals surface area contributed by atoms with E-state index in [1.807, 2.05) is 6.07 Å². The average molecular weight is 299 g/mol. The Kier molecular flexibility index (Phi) is 3.37. The number of rotatable bonds is 4. The summed E-state index contributed by atoms with van der Waals surface area (Å²) in [5.41, 5.74) is 2.74. The van der Waals surface area contributed by atoms with Gasteiger partial charge in [-0.3, -0.25) is 4.90 Å². The lowest BCUT2D eigenvalue weighted by Gasteiger charge is -2.32. The molecule has 0 bridgehead atoms. The second-order valence-corrected chi connectivity index (χ2v) is 6.30. The molecular weight excluding hydrogens is 278 g/mol. The quantitative estimate of drug-likeness (QED) is 0.868. The van der Waals surface area contributed by atoms with Crippen molar-refractivity contribution in [3.8, 4) is 5.75 Å². The van der Waals surface area contributed by atoms with Gasteiger partial charge in [0.2, 0.25) is 5.89 Å². The van der Waals surface area contributed by atoms with Gasteiger partial charge in [-0.25, -0.2) is 0 Å². The molecule has 1 aliphatic heterocycles. The molecule has 1 unspecified atom stereocenters. The van der Waals surface area contributed by atoms with Gasteiger partial charge in [-0.2, -0.15) is 4.98 Å². The highest BCUT2D eigenvalue weighted by molar-refractivity contribution is 5.37. The van der Waals surface area contributed by atoms with E-state index in [1.54, 1.807) is 7.11 Å². The molecule has 0 amide bonds. The molecule has 0 N–H and O–H groups in total. The van der Waals surface area contributed by atoms with Crippen LogP contribution in [0, 0.1) is 0 Å². The third kappa shape index (κ3) is 2.50. The van der Waals surface area contributed by atoms with Crippen LogP contribution < -0.4 is 4.74 Å². The van der Waals surface area contributed by atoms with Gasteiger partial charge in [0.1, 0.15) is 5.75 Å². The van der Waals surface area contributed by atoms with Gasteiger partial charge in [0, 0.05) is 19.0 Å². The Bertz CT molecular complexity index is 678. The monoisotopic (exact) mass is 299 g/mol. The zero-order valence-corrected chi connectivity index (χ0v) is 13.1. The Morgan fingerprint density at radius 2 is 2.18 bits per heavy atom. The third-order valence-corrected chi connectivity index (χ3v) is 4.76. The maximum absolute atomic E-state index is 5.49. The molecule has 5 nitrogen and oxygen atoms in total. The minimum Gasteiger partial charge on any atom is -0.497 e. The van der Waals surface area contributed by atoms with E-state index in [9.17, 15) is 0 Å². The van der Waals surface area contributed by atoms with Crippen LogP contribution in [-0.4, -0.2) is 28.7 Å². The van der Waals surface area contributed by atoms with Crippen molar-refractivity contribution in [3.63, 3.8) is 0 Å². The van der Waals surface area contributed by atoms with Crippen LogP contribution in [0.4, 0.5) is 0 Å². The molecule has 0 radical (unpaired) electrons. The average Bonchev–Trinajstić information content (AvgIpc) is 3.30. The summed E-state index contributed by atoms with van der Waals surface area (Å²) >= 11 is 0. The van der Waals surface area contributed by atoms with E-state index in [-0.39, 0.29) is 6.04 Å². The summed E-state index contributed by atoms with van der Waals surface area (Å²) in [4.78, 5) is 6.99. The lowest BCUT2D eigenvalue weighted by Crippen LogP contribution is -2.33. The second-order valence-electron chi connectivity index (χ2n) is 6.30. The molecule has 2 aromatic rings. The number of fused-ring (bicyclic) bond motifs is 1. The van der Waals surface area contributed by atoms with Gasteiger partial charge in [0.15, 0.2) is 5.82 Å². The SMILES string of the molecule is COc1ccc2c(c1)CN(C(C)c1nc(C3CC3)no1)CC2. The van der Waals surface area contributed by atoms with Gasteiger partial charge in [-0.15, -0.1) is 0 Å². The summed E-state index contributed by atoms with van der Waals surface area (Å²) in [6.07, 6.45) is 3.45. The van der Waals surface area contributed by atoms with E-state index in [0.717, 1.165) is 37.0 Å². The number of nitrogens with zero attached hydrogens (tertiary/aromatic N) is 3. The fraction of sp³-hybridized carbons (Fsp3) is 0.529. The van der Waals surface area contributed by atoms with Gasteiger partial charge in [-0.1, -0.05) is 11.2 Å². The predicted molar refractivity (Wildman–Crippen MR) is 81.8 cm³/mol. The fourth-order valence-corrected chi connectivity index (χ4v) is 3.09. The summed E-state index contributed by atoms with van der Waals surface area (Å²) in [5, 5.41) is 4.13. The molecule has 22 heavy (non-hydrogen) atoms. The van der Waals surface area contributed by atoms with E-state index in [0.29, 0.717) is 5.92 Å². The van der Waals surface area contributed by atoms with E-state index >= 15 is 0 Å². The second kappa shape index (κ2) is 5.39. The van der Waals surface area contributed by atoms with Crippen LogP contribution in [0.1, 0.15) is 54.6 Å². The molecule has 1 atom stereocenters. The van der Waals surface area contributed by atoms with Crippen molar-refractivity contribution in [2.24, 2.45) is 0 Å². The van der Waals surface area contributed by atoms with Crippen LogP contribution in [0.15, 0.2) is 22.7 Å². The van der Waals surface area contributed by atoms with Gasteiger partial charge in [-0.05, 0) is 49.4 Å². The van der Waals surface area contributed by atoms with Gasteiger partial charge < -0.3 is 9.26 Å². The molecule has 1 aliphatic carbocycles. The van der Waals surface area contributed by atoms with Crippen molar-refractivity contribution in [2.45, 2.75) is 44.7 Å². The van der Waals surface area contributed by atoms with Gasteiger partial charge >= 0.3 is 0 Å². The number of methoxy groups -OCH3 is 1. The van der Waals surface area contributed by atoms with Crippen LogP contribution in [-0.2, 0) is 13.0 Å². The Hall–Kier alpha value is -1.88. The molecule has 0 spiro atoms. The maximum atomic E-state index is 5.49. The highest BCUT2D eigenvalue weighted by atomic mass is 16.5. The Morgan fingerprint density at radius 3 is 2.95 bits per heavy atom. The normalized spacial score (nSPS) is 19.7. The molecule has 1 saturated carbocycles. The number of benzene rings is 1. The molecule has 1 aromatic carbocycles. The summed E-state index contributed by atoms with van der Waals surface area (Å²) in [6, 6.07) is 6.50. The first-order valence-electron chi connectivity index (χ1n) is 7.98. The molecular formula is C17H21N3O2. The van der Waals surface area contributed by atoms with Crippen molar-refractivity contribution in [3.05, 3.63) is 41.0 Å². The number of hydrogen-bond donors (Lipinski definition) is 0. The Labute approximate surface area is 130 Å². The third-order valence-electron chi connectivity index (χ3n) is 4.76. The summed E-state index contributed by atoms with van der Waals surface area (Å²) in [6.45, 7) is 4.06. The van der Waals surface area contributed by atoms with Gasteiger partial charge in [0.05, 0.1) is 13.2 Å².